The lowest BCUT2D eigenvalue weighted by molar-refractivity contribution is 0.636. The van der Waals surface area contributed by atoms with Gasteiger partial charge in [-0.2, -0.15) is 0 Å². The van der Waals surface area contributed by atoms with Gasteiger partial charge in [-0.15, -0.1) is 0 Å². The van der Waals surface area contributed by atoms with Crippen LogP contribution in [0, 0.1) is 6.92 Å². The van der Waals surface area contributed by atoms with Crippen molar-refractivity contribution in [2.24, 2.45) is 0 Å². The predicted molar refractivity (Wildman–Crippen MR) is 76.4 cm³/mol. The molecule has 18 heavy (non-hydrogen) atoms. The van der Waals surface area contributed by atoms with Gasteiger partial charge in [-0.25, -0.2) is 9.97 Å². The van der Waals surface area contributed by atoms with Crippen molar-refractivity contribution < 1.29 is 0 Å². The van der Waals surface area contributed by atoms with Gasteiger partial charge in [0.2, 0.25) is 0 Å². The first kappa shape index (κ1) is 13.6. The topological polar surface area (TPSA) is 29.0 Å². The first-order chi connectivity index (χ1) is 8.67. The molecule has 100 valence electrons. The van der Waals surface area contributed by atoms with E-state index in [0.29, 0.717) is 11.2 Å². The fourth-order valence-corrected chi connectivity index (χ4v) is 2.86. The van der Waals surface area contributed by atoms with E-state index >= 15 is 0 Å². The lowest BCUT2D eigenvalue weighted by Crippen LogP contribution is -2.30. The maximum atomic E-state index is 6.25. The smallest absolute Gasteiger partial charge is 0.137 e. The average molecular weight is 268 g/mol. The van der Waals surface area contributed by atoms with Gasteiger partial charge in [0.25, 0.3) is 0 Å². The van der Waals surface area contributed by atoms with Crippen molar-refractivity contribution in [3.05, 3.63) is 16.5 Å². The predicted octanol–water partition coefficient (Wildman–Crippen LogP) is 3.77. The number of aromatic nitrogens is 2. The Labute approximate surface area is 115 Å². The summed E-state index contributed by atoms with van der Waals surface area (Å²) in [5.74, 6) is 1.94. The Bertz CT molecular complexity index is 420. The van der Waals surface area contributed by atoms with Crippen molar-refractivity contribution in [1.29, 1.82) is 0 Å². The van der Waals surface area contributed by atoms with Crippen LogP contribution in [0.2, 0.25) is 5.15 Å². The third-order valence-corrected chi connectivity index (χ3v) is 4.07. The number of rotatable bonds is 4. The number of hydrogen-bond donors (Lipinski definition) is 0. The van der Waals surface area contributed by atoms with Crippen LogP contribution in [0.1, 0.15) is 50.9 Å². The molecule has 0 aromatic carbocycles. The van der Waals surface area contributed by atoms with Gasteiger partial charge in [0.1, 0.15) is 16.8 Å². The van der Waals surface area contributed by atoms with Gasteiger partial charge in [-0.1, -0.05) is 25.4 Å². The highest BCUT2D eigenvalue weighted by atomic mass is 35.5. The first-order valence-corrected chi connectivity index (χ1v) is 7.34. The van der Waals surface area contributed by atoms with E-state index in [1.54, 1.807) is 0 Å². The number of hydrogen-bond acceptors (Lipinski definition) is 3. The second-order valence-corrected chi connectivity index (χ2v) is 5.38. The highest BCUT2D eigenvalue weighted by Gasteiger charge is 2.26. The number of aryl methyl sites for hydroxylation is 1. The minimum absolute atomic E-state index is 0.615. The van der Waals surface area contributed by atoms with Crippen molar-refractivity contribution in [1.82, 2.24) is 9.97 Å². The molecule has 0 amide bonds. The van der Waals surface area contributed by atoms with E-state index in [1.807, 2.05) is 6.92 Å². The van der Waals surface area contributed by atoms with Gasteiger partial charge in [0.15, 0.2) is 0 Å². The fourth-order valence-electron chi connectivity index (χ4n) is 2.67. The molecule has 1 aliphatic rings. The van der Waals surface area contributed by atoms with Crippen LogP contribution >= 0.6 is 11.6 Å². The molecule has 1 unspecified atom stereocenters. The summed E-state index contributed by atoms with van der Waals surface area (Å²) in [6.07, 6.45) is 5.64. The molecule has 0 radical (unpaired) electrons. The van der Waals surface area contributed by atoms with Gasteiger partial charge < -0.3 is 4.90 Å². The molecular weight excluding hydrogens is 246 g/mol. The molecule has 0 N–H and O–H groups in total. The maximum Gasteiger partial charge on any atom is 0.137 e. The molecule has 1 fully saturated rings. The lowest BCUT2D eigenvalue weighted by atomic mass is 10.1. The molecule has 1 aliphatic heterocycles. The molecule has 0 saturated carbocycles. The zero-order chi connectivity index (χ0) is 13.1. The molecule has 3 nitrogen and oxygen atoms in total. The number of anilines is 1. The Balaban J connectivity index is 2.36. The Hall–Kier alpha value is -0.830. The summed E-state index contributed by atoms with van der Waals surface area (Å²) in [5.41, 5.74) is 1.02. The highest BCUT2D eigenvalue weighted by molar-refractivity contribution is 6.30. The summed E-state index contributed by atoms with van der Waals surface area (Å²) in [6.45, 7) is 7.51. The summed E-state index contributed by atoms with van der Waals surface area (Å²) in [4.78, 5) is 11.5. The van der Waals surface area contributed by atoms with E-state index in [4.69, 9.17) is 16.6 Å². The second-order valence-electron chi connectivity index (χ2n) is 5.03. The van der Waals surface area contributed by atoms with E-state index in [0.717, 1.165) is 36.6 Å². The second kappa shape index (κ2) is 5.87. The van der Waals surface area contributed by atoms with Gasteiger partial charge in [0, 0.05) is 24.6 Å². The van der Waals surface area contributed by atoms with Crippen LogP contribution in [0.4, 0.5) is 5.82 Å². The zero-order valence-corrected chi connectivity index (χ0v) is 12.3. The zero-order valence-electron chi connectivity index (χ0n) is 11.5. The van der Waals surface area contributed by atoms with Crippen LogP contribution in [-0.2, 0) is 6.42 Å². The molecule has 2 heterocycles. The van der Waals surface area contributed by atoms with Gasteiger partial charge in [0.05, 0.1) is 0 Å². The summed E-state index contributed by atoms with van der Waals surface area (Å²) < 4.78 is 0. The molecule has 1 saturated heterocycles. The molecule has 0 bridgehead atoms. The highest BCUT2D eigenvalue weighted by Crippen LogP contribution is 2.31. The van der Waals surface area contributed by atoms with E-state index in [2.05, 4.69) is 23.7 Å². The van der Waals surface area contributed by atoms with Crippen LogP contribution < -0.4 is 4.90 Å². The van der Waals surface area contributed by atoms with E-state index in [-0.39, 0.29) is 0 Å². The van der Waals surface area contributed by atoms with E-state index < -0.39 is 0 Å². The Morgan fingerprint density at radius 2 is 2.11 bits per heavy atom. The normalized spacial score (nSPS) is 19.6. The summed E-state index contributed by atoms with van der Waals surface area (Å²) in [5, 5.41) is 0.616. The van der Waals surface area contributed by atoms with Crippen LogP contribution in [0.25, 0.3) is 0 Å². The Kier molecular flexibility index (Phi) is 4.44. The minimum Gasteiger partial charge on any atom is -0.353 e. The quantitative estimate of drug-likeness (QED) is 0.778. The summed E-state index contributed by atoms with van der Waals surface area (Å²) >= 11 is 6.25. The molecule has 0 spiro atoms. The Morgan fingerprint density at radius 1 is 1.33 bits per heavy atom. The molecule has 0 aliphatic carbocycles. The van der Waals surface area contributed by atoms with Crippen LogP contribution in [-0.4, -0.2) is 22.6 Å². The monoisotopic (exact) mass is 267 g/mol. The van der Waals surface area contributed by atoms with Gasteiger partial charge >= 0.3 is 0 Å². The molecule has 1 aromatic rings. The third-order valence-electron chi connectivity index (χ3n) is 3.70. The Morgan fingerprint density at radius 3 is 2.78 bits per heavy atom. The van der Waals surface area contributed by atoms with Gasteiger partial charge in [-0.3, -0.25) is 0 Å². The molecule has 1 aromatic heterocycles. The van der Waals surface area contributed by atoms with Crippen molar-refractivity contribution in [3.8, 4) is 0 Å². The SMILES string of the molecule is CCCc1nc(Cl)c(C)c(N2CCCC2CC)n1. The largest absolute Gasteiger partial charge is 0.353 e. The van der Waals surface area contributed by atoms with Crippen LogP contribution in [0.15, 0.2) is 0 Å². The third kappa shape index (κ3) is 2.61. The van der Waals surface area contributed by atoms with E-state index in [1.165, 1.54) is 19.3 Å². The van der Waals surface area contributed by atoms with Crippen molar-refractivity contribution in [2.45, 2.75) is 58.9 Å². The first-order valence-electron chi connectivity index (χ1n) is 6.97. The van der Waals surface area contributed by atoms with E-state index in [9.17, 15) is 0 Å². The van der Waals surface area contributed by atoms with Crippen molar-refractivity contribution in [3.63, 3.8) is 0 Å². The molecule has 1 atom stereocenters. The minimum atomic E-state index is 0.615. The maximum absolute atomic E-state index is 6.25. The van der Waals surface area contributed by atoms with Crippen LogP contribution in [0.3, 0.4) is 0 Å². The summed E-state index contributed by atoms with van der Waals surface area (Å²) in [6, 6.07) is 0.615. The standard InChI is InChI=1S/C14H22ClN3/c1-4-7-12-16-13(15)10(3)14(17-12)18-9-6-8-11(18)5-2/h11H,4-9H2,1-3H3. The fraction of sp³-hybridized carbons (Fsp3) is 0.714. The van der Waals surface area contributed by atoms with Crippen LogP contribution in [0.5, 0.6) is 0 Å². The van der Waals surface area contributed by atoms with Crippen molar-refractivity contribution >= 4 is 17.4 Å². The van der Waals surface area contributed by atoms with Crippen molar-refractivity contribution in [2.75, 3.05) is 11.4 Å². The number of halogens is 1. The summed E-state index contributed by atoms with van der Waals surface area (Å²) in [7, 11) is 0. The number of nitrogens with zero attached hydrogens (tertiary/aromatic N) is 3. The molecule has 2 rings (SSSR count). The molecule has 4 heteroatoms. The average Bonchev–Trinajstić information content (AvgIpc) is 2.82. The lowest BCUT2D eigenvalue weighted by Gasteiger charge is -2.26. The van der Waals surface area contributed by atoms with Gasteiger partial charge in [-0.05, 0) is 32.6 Å². The molecular formula is C14H22ClN3.